The Hall–Kier alpha value is -2.94. The van der Waals surface area contributed by atoms with Crippen LogP contribution in [-0.4, -0.2) is 38.5 Å². The van der Waals surface area contributed by atoms with Crippen LogP contribution >= 0.6 is 11.6 Å². The van der Waals surface area contributed by atoms with Crippen molar-refractivity contribution < 1.29 is 23.5 Å². The number of fused-ring (bicyclic) bond motifs is 6. The molecule has 5 rings (SSSR count). The number of pyridine rings is 1. The predicted molar refractivity (Wildman–Crippen MR) is 106 cm³/mol. The van der Waals surface area contributed by atoms with Crippen molar-refractivity contribution in [1.82, 2.24) is 14.8 Å². The number of hydrogen-bond acceptors (Lipinski definition) is 4. The fourth-order valence-electron chi connectivity index (χ4n) is 5.12. The Morgan fingerprint density at radius 2 is 2.03 bits per heavy atom. The van der Waals surface area contributed by atoms with Crippen LogP contribution in [0, 0.1) is 17.6 Å². The van der Waals surface area contributed by atoms with Crippen molar-refractivity contribution in [3.8, 4) is 5.75 Å². The van der Waals surface area contributed by atoms with Gasteiger partial charge in [-0.05, 0) is 31.2 Å². The highest BCUT2D eigenvalue weighted by Crippen LogP contribution is 2.45. The Kier molecular flexibility index (Phi) is 4.55. The summed E-state index contributed by atoms with van der Waals surface area (Å²) in [5, 5.41) is 12.1. The summed E-state index contributed by atoms with van der Waals surface area (Å²) < 4.78 is 28.8. The van der Waals surface area contributed by atoms with Gasteiger partial charge in [0.25, 0.3) is 11.8 Å². The number of rotatable bonds is 3. The highest BCUT2D eigenvalue weighted by Gasteiger charge is 2.51. The Morgan fingerprint density at radius 3 is 2.81 bits per heavy atom. The Labute approximate surface area is 180 Å². The maximum atomic E-state index is 14.1. The molecule has 0 spiro atoms. The first kappa shape index (κ1) is 20.0. The summed E-state index contributed by atoms with van der Waals surface area (Å²) in [4.78, 5) is 40.0. The van der Waals surface area contributed by atoms with Gasteiger partial charge in [0.1, 0.15) is 22.2 Å². The van der Waals surface area contributed by atoms with Crippen LogP contribution in [0.25, 0.3) is 0 Å². The quantitative estimate of drug-likeness (QED) is 0.704. The normalized spacial score (nSPS) is 23.6. The number of hydrogen-bond donors (Lipinski definition) is 2. The SMILES string of the molecule is O=C(NCc1ccc(F)c(Cl)c1F)c1cn2c(c(O)c1=O)C(=O)N1[C@@H]3CC[C@@H](C3)[C@H]1C2. The van der Waals surface area contributed by atoms with E-state index in [2.05, 4.69) is 5.32 Å². The summed E-state index contributed by atoms with van der Waals surface area (Å²) in [5.41, 5.74) is -1.51. The lowest BCUT2D eigenvalue weighted by molar-refractivity contribution is 0.0482. The van der Waals surface area contributed by atoms with Crippen molar-refractivity contribution in [2.24, 2.45) is 5.92 Å². The zero-order valence-electron chi connectivity index (χ0n) is 16.2. The maximum absolute atomic E-state index is 14.1. The van der Waals surface area contributed by atoms with Gasteiger partial charge in [-0.15, -0.1) is 0 Å². The molecule has 162 valence electrons. The van der Waals surface area contributed by atoms with Crippen molar-refractivity contribution >= 4 is 23.4 Å². The molecule has 1 aromatic carbocycles. The molecule has 1 aliphatic carbocycles. The molecule has 0 unspecified atom stereocenters. The number of piperidine rings is 1. The van der Waals surface area contributed by atoms with Gasteiger partial charge in [-0.3, -0.25) is 14.4 Å². The lowest BCUT2D eigenvalue weighted by atomic mass is 9.95. The fourth-order valence-corrected chi connectivity index (χ4v) is 5.31. The molecule has 31 heavy (non-hydrogen) atoms. The third-order valence-electron chi connectivity index (χ3n) is 6.62. The van der Waals surface area contributed by atoms with Crippen LogP contribution in [0.2, 0.25) is 5.02 Å². The predicted octanol–water partition coefficient (Wildman–Crippen LogP) is 2.42. The molecular weight excluding hydrogens is 432 g/mol. The molecule has 2 bridgehead atoms. The molecule has 1 saturated carbocycles. The van der Waals surface area contributed by atoms with E-state index in [9.17, 15) is 28.3 Å². The summed E-state index contributed by atoms with van der Waals surface area (Å²) in [5.74, 6) is -3.58. The van der Waals surface area contributed by atoms with Gasteiger partial charge in [0.2, 0.25) is 5.43 Å². The molecule has 3 aliphatic rings. The van der Waals surface area contributed by atoms with E-state index in [0.717, 1.165) is 31.4 Å². The van der Waals surface area contributed by atoms with Crippen LogP contribution in [-0.2, 0) is 13.1 Å². The van der Waals surface area contributed by atoms with Crippen LogP contribution in [0.15, 0.2) is 23.1 Å². The molecule has 2 aromatic rings. The molecule has 2 fully saturated rings. The molecule has 2 amide bonds. The first-order valence-corrected chi connectivity index (χ1v) is 10.3. The monoisotopic (exact) mass is 449 g/mol. The molecule has 1 aromatic heterocycles. The largest absolute Gasteiger partial charge is 0.503 e. The number of nitrogens with zero attached hydrogens (tertiary/aromatic N) is 2. The van der Waals surface area contributed by atoms with Crippen molar-refractivity contribution in [3.63, 3.8) is 0 Å². The van der Waals surface area contributed by atoms with Gasteiger partial charge in [-0.1, -0.05) is 17.7 Å². The number of benzene rings is 1. The standard InChI is InChI=1S/C21H18ClF2N3O4/c22-15-13(23)4-2-10(16(15)24)6-25-20(30)12-7-26-8-14-9-1-3-11(5-9)27(14)21(31)17(26)19(29)18(12)28/h2,4,7,9,11,14,29H,1,3,5-6,8H2,(H,25,30)/t9-,11+,14+/m0/s1. The number of aromatic hydroxyl groups is 1. The molecular formula is C21H18ClF2N3O4. The summed E-state index contributed by atoms with van der Waals surface area (Å²) in [6.07, 6.45) is 4.12. The lowest BCUT2D eigenvalue weighted by Crippen LogP contribution is -2.52. The summed E-state index contributed by atoms with van der Waals surface area (Å²) in [6.45, 7) is 0.0459. The highest BCUT2D eigenvalue weighted by atomic mass is 35.5. The van der Waals surface area contributed by atoms with Crippen molar-refractivity contribution in [2.75, 3.05) is 0 Å². The van der Waals surface area contributed by atoms with E-state index in [-0.39, 0.29) is 35.4 Å². The zero-order chi connectivity index (χ0) is 22.0. The van der Waals surface area contributed by atoms with Crippen molar-refractivity contribution in [3.05, 3.63) is 62.0 Å². The summed E-state index contributed by atoms with van der Waals surface area (Å²) in [7, 11) is 0. The van der Waals surface area contributed by atoms with Gasteiger partial charge in [0.15, 0.2) is 11.4 Å². The van der Waals surface area contributed by atoms with Crippen LogP contribution in [0.3, 0.4) is 0 Å². The van der Waals surface area contributed by atoms with E-state index in [1.54, 1.807) is 4.90 Å². The second kappa shape index (κ2) is 7.05. The van der Waals surface area contributed by atoms with E-state index < -0.39 is 39.6 Å². The second-order valence-electron chi connectivity index (χ2n) is 8.25. The molecule has 0 radical (unpaired) electrons. The number of nitrogens with one attached hydrogen (secondary N) is 1. The number of halogens is 3. The van der Waals surface area contributed by atoms with Crippen molar-refractivity contribution in [1.29, 1.82) is 0 Å². The zero-order valence-corrected chi connectivity index (χ0v) is 17.0. The topological polar surface area (TPSA) is 91.6 Å². The van der Waals surface area contributed by atoms with Gasteiger partial charge in [-0.2, -0.15) is 0 Å². The summed E-state index contributed by atoms with van der Waals surface area (Å²) >= 11 is 5.54. The molecule has 2 aliphatic heterocycles. The van der Waals surface area contributed by atoms with Crippen LogP contribution in [0.5, 0.6) is 5.75 Å². The molecule has 1 saturated heterocycles. The molecule has 7 nitrogen and oxygen atoms in total. The maximum Gasteiger partial charge on any atom is 0.275 e. The van der Waals surface area contributed by atoms with Gasteiger partial charge >= 0.3 is 0 Å². The number of aromatic nitrogens is 1. The number of amides is 2. The Bertz CT molecular complexity index is 1200. The molecule has 3 atom stereocenters. The molecule has 10 heteroatoms. The Balaban J connectivity index is 1.44. The van der Waals surface area contributed by atoms with E-state index in [1.807, 2.05) is 0 Å². The summed E-state index contributed by atoms with van der Waals surface area (Å²) in [6, 6.07) is 2.22. The Morgan fingerprint density at radius 1 is 1.26 bits per heavy atom. The molecule has 2 N–H and O–H groups in total. The minimum Gasteiger partial charge on any atom is -0.503 e. The van der Waals surface area contributed by atoms with Crippen LogP contribution in [0.4, 0.5) is 8.78 Å². The highest BCUT2D eigenvalue weighted by molar-refractivity contribution is 6.30. The van der Waals surface area contributed by atoms with E-state index in [4.69, 9.17) is 11.6 Å². The average Bonchev–Trinajstić information content (AvgIpc) is 3.36. The number of carbonyl (C=O) groups is 2. The molecule has 3 heterocycles. The lowest BCUT2D eigenvalue weighted by Gasteiger charge is -2.40. The first-order chi connectivity index (χ1) is 14.8. The smallest absolute Gasteiger partial charge is 0.275 e. The van der Waals surface area contributed by atoms with E-state index in [1.165, 1.54) is 10.8 Å². The minimum atomic E-state index is -1.01. The third-order valence-corrected chi connectivity index (χ3v) is 6.96. The van der Waals surface area contributed by atoms with Crippen LogP contribution < -0.4 is 10.7 Å². The first-order valence-electron chi connectivity index (χ1n) is 9.97. The van der Waals surface area contributed by atoms with Gasteiger partial charge in [0, 0.05) is 30.9 Å². The van der Waals surface area contributed by atoms with E-state index in [0.29, 0.717) is 12.5 Å². The average molecular weight is 450 g/mol. The van der Waals surface area contributed by atoms with E-state index >= 15 is 0 Å². The number of carbonyl (C=O) groups excluding carboxylic acids is 2. The van der Waals surface area contributed by atoms with Crippen LogP contribution in [0.1, 0.15) is 45.7 Å². The van der Waals surface area contributed by atoms with Gasteiger partial charge < -0.3 is 19.9 Å². The fraction of sp³-hybridized carbons (Fsp3) is 0.381. The minimum absolute atomic E-state index is 0.0213. The van der Waals surface area contributed by atoms with Crippen molar-refractivity contribution in [2.45, 2.75) is 44.4 Å². The third kappa shape index (κ3) is 2.94. The van der Waals surface area contributed by atoms with Gasteiger partial charge in [-0.25, -0.2) is 8.78 Å². The van der Waals surface area contributed by atoms with Gasteiger partial charge in [0.05, 0.1) is 6.04 Å². The second-order valence-corrected chi connectivity index (χ2v) is 8.62.